The average Bonchev–Trinajstić information content (AvgIpc) is 2.98. The first-order valence-electron chi connectivity index (χ1n) is 10.8. The molecule has 1 saturated heterocycles. The minimum Gasteiger partial charge on any atom is -0.311 e. The standard InChI is InChI=1S/C24H31FN2O/c1-16(28)27-15-24(21-13-19(25)6-7-22(21)27)8-10-26(11-9-24)14-17-4-5-18-12-20(17)23(18,2)3/h4,6-7,13,18,20H,5,8-12,14-15H2,1-3H3/t18-,20+/m1/s1. The summed E-state index contributed by atoms with van der Waals surface area (Å²) in [6, 6.07) is 4.94. The molecule has 1 aromatic carbocycles. The van der Waals surface area contributed by atoms with E-state index in [9.17, 15) is 9.18 Å². The van der Waals surface area contributed by atoms with Crippen molar-refractivity contribution in [3.8, 4) is 0 Å². The molecule has 3 aliphatic carbocycles. The van der Waals surface area contributed by atoms with Crippen LogP contribution in [-0.4, -0.2) is 37.0 Å². The van der Waals surface area contributed by atoms with Gasteiger partial charge in [-0.05, 0) is 79.8 Å². The zero-order valence-corrected chi connectivity index (χ0v) is 17.3. The van der Waals surface area contributed by atoms with Crippen LogP contribution in [0.2, 0.25) is 0 Å². The molecule has 0 unspecified atom stereocenters. The zero-order chi connectivity index (χ0) is 19.7. The number of fused-ring (bicyclic) bond motifs is 3. The summed E-state index contributed by atoms with van der Waals surface area (Å²) >= 11 is 0. The van der Waals surface area contributed by atoms with Gasteiger partial charge in [-0.15, -0.1) is 0 Å². The van der Waals surface area contributed by atoms with Crippen LogP contribution in [-0.2, 0) is 10.2 Å². The van der Waals surface area contributed by atoms with E-state index in [0.717, 1.165) is 55.6 Å². The number of halogens is 1. The average molecular weight is 383 g/mol. The molecule has 6 rings (SSSR count). The molecule has 1 spiro atoms. The molecule has 0 aromatic heterocycles. The molecule has 2 aliphatic heterocycles. The molecule has 0 radical (unpaired) electrons. The highest BCUT2D eigenvalue weighted by atomic mass is 19.1. The maximum atomic E-state index is 14.0. The largest absolute Gasteiger partial charge is 0.311 e. The quantitative estimate of drug-likeness (QED) is 0.702. The lowest BCUT2D eigenvalue weighted by Crippen LogP contribution is -2.51. The summed E-state index contributed by atoms with van der Waals surface area (Å²) in [5.74, 6) is 1.51. The summed E-state index contributed by atoms with van der Waals surface area (Å²) in [6.07, 6.45) is 7.12. The van der Waals surface area contributed by atoms with Gasteiger partial charge in [-0.25, -0.2) is 4.39 Å². The smallest absolute Gasteiger partial charge is 0.223 e. The number of amides is 1. The maximum Gasteiger partial charge on any atom is 0.223 e. The van der Waals surface area contributed by atoms with Crippen molar-refractivity contribution < 1.29 is 9.18 Å². The maximum absolute atomic E-state index is 14.0. The molecule has 150 valence electrons. The van der Waals surface area contributed by atoms with Crippen molar-refractivity contribution in [2.45, 2.75) is 51.9 Å². The summed E-state index contributed by atoms with van der Waals surface area (Å²) in [4.78, 5) is 16.6. The number of piperidine rings is 1. The Bertz CT molecular complexity index is 850. The Balaban J connectivity index is 1.32. The minimum absolute atomic E-state index is 0.0568. The molecule has 4 heteroatoms. The second-order valence-corrected chi connectivity index (χ2v) is 10.1. The van der Waals surface area contributed by atoms with E-state index in [1.807, 2.05) is 4.90 Å². The lowest BCUT2D eigenvalue weighted by atomic mass is 9.49. The van der Waals surface area contributed by atoms with Crippen molar-refractivity contribution in [2.24, 2.45) is 17.3 Å². The fourth-order valence-corrected chi connectivity index (χ4v) is 6.40. The van der Waals surface area contributed by atoms with Gasteiger partial charge in [0.25, 0.3) is 0 Å². The van der Waals surface area contributed by atoms with Crippen molar-refractivity contribution in [3.63, 3.8) is 0 Å². The summed E-state index contributed by atoms with van der Waals surface area (Å²) in [7, 11) is 0. The monoisotopic (exact) mass is 382 g/mol. The molecule has 1 saturated carbocycles. The predicted molar refractivity (Wildman–Crippen MR) is 110 cm³/mol. The van der Waals surface area contributed by atoms with Crippen LogP contribution in [0.15, 0.2) is 29.8 Å². The van der Waals surface area contributed by atoms with Crippen LogP contribution in [0.25, 0.3) is 0 Å². The normalized spacial score (nSPS) is 30.0. The SMILES string of the molecule is CC(=O)N1CC2(CCN(CC3=CC[C@@H]4C[C@@H]3C4(C)C)CC2)c2cc(F)ccc21. The van der Waals surface area contributed by atoms with E-state index in [4.69, 9.17) is 0 Å². The van der Waals surface area contributed by atoms with Gasteiger partial charge in [-0.2, -0.15) is 0 Å². The van der Waals surface area contributed by atoms with Crippen molar-refractivity contribution in [2.75, 3.05) is 31.1 Å². The lowest BCUT2D eigenvalue weighted by molar-refractivity contribution is -0.116. The Morgan fingerprint density at radius 3 is 2.64 bits per heavy atom. The Hall–Kier alpha value is -1.68. The van der Waals surface area contributed by atoms with Crippen molar-refractivity contribution in [1.29, 1.82) is 0 Å². The molecule has 2 heterocycles. The van der Waals surface area contributed by atoms with Gasteiger partial charge in [0.05, 0.1) is 0 Å². The minimum atomic E-state index is -0.194. The number of anilines is 1. The molecule has 2 atom stereocenters. The Morgan fingerprint density at radius 2 is 2.00 bits per heavy atom. The first kappa shape index (κ1) is 18.4. The van der Waals surface area contributed by atoms with Gasteiger partial charge in [0, 0.05) is 31.1 Å². The van der Waals surface area contributed by atoms with Crippen molar-refractivity contribution in [3.05, 3.63) is 41.2 Å². The van der Waals surface area contributed by atoms with Crippen molar-refractivity contribution in [1.82, 2.24) is 4.90 Å². The Morgan fingerprint density at radius 1 is 1.25 bits per heavy atom. The number of nitrogens with zero attached hydrogens (tertiary/aromatic N) is 2. The zero-order valence-electron chi connectivity index (χ0n) is 17.3. The summed E-state index contributed by atoms with van der Waals surface area (Å²) in [5.41, 5.74) is 4.00. The van der Waals surface area contributed by atoms with E-state index in [1.165, 1.54) is 18.9 Å². The number of carbonyl (C=O) groups excluding carboxylic acids is 1. The Labute approximate surface area is 167 Å². The van der Waals surface area contributed by atoms with Gasteiger partial charge in [0.15, 0.2) is 0 Å². The number of likely N-dealkylation sites (tertiary alicyclic amines) is 1. The van der Waals surface area contributed by atoms with Gasteiger partial charge in [0.1, 0.15) is 5.82 Å². The molecule has 3 nitrogen and oxygen atoms in total. The molecule has 2 fully saturated rings. The molecule has 5 aliphatic rings. The van der Waals surface area contributed by atoms with E-state index >= 15 is 0 Å². The van der Waals surface area contributed by atoms with Crippen LogP contribution < -0.4 is 4.90 Å². The molecular weight excluding hydrogens is 351 g/mol. The molecule has 2 bridgehead atoms. The molecule has 1 aromatic rings. The first-order valence-corrected chi connectivity index (χ1v) is 10.8. The third kappa shape index (κ3) is 2.60. The van der Waals surface area contributed by atoms with Crippen LogP contribution in [0.1, 0.15) is 52.0 Å². The van der Waals surface area contributed by atoms with E-state index in [1.54, 1.807) is 24.6 Å². The van der Waals surface area contributed by atoms with Crippen LogP contribution in [0.5, 0.6) is 0 Å². The van der Waals surface area contributed by atoms with Gasteiger partial charge >= 0.3 is 0 Å². The fourth-order valence-electron chi connectivity index (χ4n) is 6.40. The number of hydrogen-bond donors (Lipinski definition) is 0. The van der Waals surface area contributed by atoms with E-state index in [0.29, 0.717) is 12.0 Å². The predicted octanol–water partition coefficient (Wildman–Crippen LogP) is 4.52. The number of benzene rings is 1. The number of allylic oxidation sites excluding steroid dienone is 1. The fraction of sp³-hybridized carbons (Fsp3) is 0.625. The van der Waals surface area contributed by atoms with Crippen LogP contribution in [0.4, 0.5) is 10.1 Å². The van der Waals surface area contributed by atoms with Gasteiger partial charge in [-0.3, -0.25) is 9.69 Å². The summed E-state index contributed by atoms with van der Waals surface area (Å²) < 4.78 is 14.0. The van der Waals surface area contributed by atoms with Gasteiger partial charge in [-0.1, -0.05) is 25.5 Å². The number of rotatable bonds is 2. The van der Waals surface area contributed by atoms with Gasteiger partial charge in [0.2, 0.25) is 5.91 Å². The lowest BCUT2D eigenvalue weighted by Gasteiger charge is -2.57. The number of hydrogen-bond acceptors (Lipinski definition) is 2. The number of carbonyl (C=O) groups is 1. The highest BCUT2D eigenvalue weighted by molar-refractivity contribution is 5.94. The van der Waals surface area contributed by atoms with E-state index in [2.05, 4.69) is 24.8 Å². The second kappa shape index (κ2) is 6.16. The van der Waals surface area contributed by atoms with E-state index < -0.39 is 0 Å². The molecule has 1 amide bonds. The van der Waals surface area contributed by atoms with E-state index in [-0.39, 0.29) is 17.1 Å². The van der Waals surface area contributed by atoms with Crippen LogP contribution in [0.3, 0.4) is 0 Å². The van der Waals surface area contributed by atoms with Crippen LogP contribution in [0, 0.1) is 23.1 Å². The highest BCUT2D eigenvalue weighted by Gasteiger charge is 2.51. The van der Waals surface area contributed by atoms with Gasteiger partial charge < -0.3 is 4.90 Å². The first-order chi connectivity index (χ1) is 13.3. The van der Waals surface area contributed by atoms with Crippen molar-refractivity contribution >= 4 is 11.6 Å². The highest BCUT2D eigenvalue weighted by Crippen LogP contribution is 2.59. The summed E-state index contributed by atoms with van der Waals surface area (Å²) in [6.45, 7) is 10.3. The Kier molecular flexibility index (Phi) is 4.04. The molecule has 0 N–H and O–H groups in total. The third-order valence-corrected chi connectivity index (χ3v) is 8.46. The second-order valence-electron chi connectivity index (χ2n) is 10.1. The summed E-state index contributed by atoms with van der Waals surface area (Å²) in [5, 5.41) is 0. The molecule has 28 heavy (non-hydrogen) atoms. The molecular formula is C24H31FN2O. The third-order valence-electron chi connectivity index (χ3n) is 8.46. The van der Waals surface area contributed by atoms with Crippen LogP contribution >= 0.6 is 0 Å². The topological polar surface area (TPSA) is 23.6 Å².